The molecule has 0 heterocycles. The molecule has 11 heavy (non-hydrogen) atoms. The number of hydrogen-bond acceptors (Lipinski definition) is 4. The Morgan fingerprint density at radius 3 is 2.55 bits per heavy atom. The first kappa shape index (κ1) is 10.9. The van der Waals surface area contributed by atoms with Crippen LogP contribution in [0.15, 0.2) is 0 Å². The van der Waals surface area contributed by atoms with E-state index in [1.54, 1.807) is 0 Å². The maximum absolute atomic E-state index is 8.69. The van der Waals surface area contributed by atoms with Crippen molar-refractivity contribution in [2.45, 2.75) is 6.10 Å². The molecule has 0 radical (unpaired) electrons. The topological polar surface area (TPSA) is 58.9 Å². The van der Waals surface area contributed by atoms with Gasteiger partial charge in [0.05, 0.1) is 26.4 Å². The lowest BCUT2D eigenvalue weighted by Crippen LogP contribution is -2.25. The van der Waals surface area contributed by atoms with Crippen LogP contribution in [0.2, 0.25) is 0 Å². The fraction of sp³-hybridized carbons (Fsp3) is 1.00. The van der Waals surface area contributed by atoms with E-state index in [-0.39, 0.29) is 19.3 Å². The largest absolute Gasteiger partial charge is 0.394 e. The van der Waals surface area contributed by atoms with Gasteiger partial charge in [-0.3, -0.25) is 0 Å². The van der Waals surface area contributed by atoms with Crippen molar-refractivity contribution < 1.29 is 19.7 Å². The van der Waals surface area contributed by atoms with E-state index in [0.717, 1.165) is 0 Å². The molecule has 0 aliphatic heterocycles. The second-order valence-corrected chi connectivity index (χ2v) is 2.06. The van der Waals surface area contributed by atoms with E-state index in [4.69, 9.17) is 19.7 Å². The third-order valence-electron chi connectivity index (χ3n) is 1.15. The second kappa shape index (κ2) is 8.01. The monoisotopic (exact) mass is 162 g/mol. The number of hydrogen-bond donors (Lipinski definition) is 2. The first-order valence-corrected chi connectivity index (χ1v) is 3.76. The molecular formula is C6H15BO4. The fourth-order valence-electron chi connectivity index (χ4n) is 0.669. The van der Waals surface area contributed by atoms with Gasteiger partial charge in [-0.1, -0.05) is 0 Å². The third kappa shape index (κ3) is 6.31. The lowest BCUT2D eigenvalue weighted by atomic mass is 10.2. The molecule has 0 saturated carbocycles. The molecule has 1 unspecified atom stereocenters. The minimum absolute atomic E-state index is 0.00424. The number of rotatable bonds is 7. The molecule has 0 spiro atoms. The Morgan fingerprint density at radius 2 is 2.09 bits per heavy atom. The Bertz CT molecular complexity index is 81.0. The van der Waals surface area contributed by atoms with Crippen LogP contribution in [0.1, 0.15) is 0 Å². The highest BCUT2D eigenvalue weighted by Gasteiger charge is 2.05. The predicted octanol–water partition coefficient (Wildman–Crippen LogP) is -2.04. The summed E-state index contributed by atoms with van der Waals surface area (Å²) >= 11 is 0. The van der Waals surface area contributed by atoms with Crippen molar-refractivity contribution in [2.75, 3.05) is 32.9 Å². The highest BCUT2D eigenvalue weighted by molar-refractivity contribution is 6.08. The van der Waals surface area contributed by atoms with Gasteiger partial charge >= 0.3 is 0 Å². The van der Waals surface area contributed by atoms with E-state index in [2.05, 4.69) is 0 Å². The van der Waals surface area contributed by atoms with Gasteiger partial charge in [0.15, 0.2) is 0 Å². The van der Waals surface area contributed by atoms with Gasteiger partial charge in [0.2, 0.25) is 0 Å². The van der Waals surface area contributed by atoms with Crippen molar-refractivity contribution in [3.05, 3.63) is 0 Å². The summed E-state index contributed by atoms with van der Waals surface area (Å²) in [5.41, 5.74) is 0. The van der Waals surface area contributed by atoms with E-state index in [9.17, 15) is 0 Å². The van der Waals surface area contributed by atoms with Crippen LogP contribution in [-0.2, 0) is 9.47 Å². The molecule has 0 saturated heterocycles. The molecule has 4 nitrogen and oxygen atoms in total. The summed E-state index contributed by atoms with van der Waals surface area (Å²) in [6.45, 7) is 1.16. The molecule has 2 N–H and O–H groups in total. The van der Waals surface area contributed by atoms with Gasteiger partial charge in [0, 0.05) is 6.51 Å². The number of aliphatic hydroxyl groups excluding tert-OH is 2. The van der Waals surface area contributed by atoms with E-state index < -0.39 is 0 Å². The minimum Gasteiger partial charge on any atom is -0.394 e. The van der Waals surface area contributed by atoms with Gasteiger partial charge in [0.25, 0.3) is 0 Å². The second-order valence-electron chi connectivity index (χ2n) is 2.06. The molecule has 0 aliphatic carbocycles. The Kier molecular flexibility index (Phi) is 7.94. The lowest BCUT2D eigenvalue weighted by molar-refractivity contribution is -0.0330. The van der Waals surface area contributed by atoms with E-state index >= 15 is 0 Å². The highest BCUT2D eigenvalue weighted by atomic mass is 16.5. The van der Waals surface area contributed by atoms with Gasteiger partial charge in [-0.25, -0.2) is 0 Å². The Hall–Kier alpha value is -0.0951. The van der Waals surface area contributed by atoms with E-state index in [0.29, 0.717) is 19.7 Å². The predicted molar refractivity (Wildman–Crippen MR) is 43.3 cm³/mol. The third-order valence-corrected chi connectivity index (χ3v) is 1.15. The molecule has 66 valence electrons. The van der Waals surface area contributed by atoms with Crippen molar-refractivity contribution in [1.82, 2.24) is 0 Å². The smallest absolute Gasteiger partial charge is 0.135 e. The van der Waals surface area contributed by atoms with Crippen LogP contribution in [0.4, 0.5) is 0 Å². The Balaban J connectivity index is 3.20. The first-order chi connectivity index (χ1) is 5.35. The van der Waals surface area contributed by atoms with Crippen LogP contribution in [0.5, 0.6) is 0 Å². The van der Waals surface area contributed by atoms with Gasteiger partial charge in [-0.05, 0) is 0 Å². The first-order valence-electron chi connectivity index (χ1n) is 3.76. The zero-order chi connectivity index (χ0) is 8.53. The minimum atomic E-state index is -0.258. The van der Waals surface area contributed by atoms with Crippen LogP contribution >= 0.6 is 0 Å². The molecule has 0 rings (SSSR count). The molecule has 0 fully saturated rings. The maximum atomic E-state index is 8.69. The number of ether oxygens (including phenoxy) is 2. The summed E-state index contributed by atoms with van der Waals surface area (Å²) in [4.78, 5) is 0. The van der Waals surface area contributed by atoms with Crippen molar-refractivity contribution in [2.24, 2.45) is 0 Å². The SMILES string of the molecule is BCOC(CO)COCCO. The van der Waals surface area contributed by atoms with Gasteiger partial charge in [-0.2, -0.15) is 0 Å². The van der Waals surface area contributed by atoms with Gasteiger partial charge in [0.1, 0.15) is 14.0 Å². The molecule has 5 heteroatoms. The molecular weight excluding hydrogens is 147 g/mol. The standard InChI is InChI=1S/C6H15BO4/c7-5-11-6(3-9)4-10-2-1-8/h6,8-9H,1-5,7H2. The van der Waals surface area contributed by atoms with Crippen LogP contribution in [0.25, 0.3) is 0 Å². The summed E-state index contributed by atoms with van der Waals surface area (Å²) in [6.07, 6.45) is -0.258. The fourth-order valence-corrected chi connectivity index (χ4v) is 0.669. The van der Waals surface area contributed by atoms with Crippen molar-refractivity contribution in [3.63, 3.8) is 0 Å². The molecule has 0 bridgehead atoms. The van der Waals surface area contributed by atoms with Crippen LogP contribution in [-0.4, -0.2) is 57.1 Å². The van der Waals surface area contributed by atoms with Crippen LogP contribution in [0, 0.1) is 0 Å². The Labute approximate surface area is 67.5 Å². The maximum Gasteiger partial charge on any atom is 0.135 e. The average molecular weight is 162 g/mol. The van der Waals surface area contributed by atoms with Crippen LogP contribution < -0.4 is 0 Å². The van der Waals surface area contributed by atoms with Crippen molar-refractivity contribution >= 4 is 7.85 Å². The summed E-state index contributed by atoms with van der Waals surface area (Å²) in [5, 5.41) is 17.0. The van der Waals surface area contributed by atoms with Crippen molar-refractivity contribution in [1.29, 1.82) is 0 Å². The molecule has 0 aromatic heterocycles. The quantitative estimate of drug-likeness (QED) is 0.334. The Morgan fingerprint density at radius 1 is 1.36 bits per heavy atom. The van der Waals surface area contributed by atoms with Gasteiger partial charge in [-0.15, -0.1) is 0 Å². The highest BCUT2D eigenvalue weighted by Crippen LogP contribution is 1.90. The summed E-state index contributed by atoms with van der Waals surface area (Å²) < 4.78 is 10.0. The molecule has 0 aromatic carbocycles. The van der Waals surface area contributed by atoms with Crippen LogP contribution in [0.3, 0.4) is 0 Å². The average Bonchev–Trinajstić information content (AvgIpc) is 2.03. The zero-order valence-corrected chi connectivity index (χ0v) is 6.82. The summed E-state index contributed by atoms with van der Waals surface area (Å²) in [7, 11) is 1.86. The molecule has 1 atom stereocenters. The van der Waals surface area contributed by atoms with Gasteiger partial charge < -0.3 is 19.7 Å². The van der Waals surface area contributed by atoms with E-state index in [1.165, 1.54) is 0 Å². The van der Waals surface area contributed by atoms with Crippen molar-refractivity contribution in [3.8, 4) is 0 Å². The normalized spacial score (nSPS) is 13.3. The molecule has 0 aromatic rings. The number of aliphatic hydroxyl groups is 2. The van der Waals surface area contributed by atoms with E-state index in [1.807, 2.05) is 7.85 Å². The lowest BCUT2D eigenvalue weighted by Gasteiger charge is -2.13. The summed E-state index contributed by atoms with van der Waals surface area (Å²) in [6, 6.07) is 0. The zero-order valence-electron chi connectivity index (χ0n) is 6.82. The molecule has 0 amide bonds. The summed E-state index contributed by atoms with van der Waals surface area (Å²) in [5.74, 6) is 0. The molecule has 0 aliphatic rings.